The fourth-order valence-corrected chi connectivity index (χ4v) is 3.23. The highest BCUT2D eigenvalue weighted by atomic mass is 16.5. The lowest BCUT2D eigenvalue weighted by molar-refractivity contribution is 0.242. The minimum atomic E-state index is 0.166. The maximum absolute atomic E-state index is 5.66. The predicted molar refractivity (Wildman–Crippen MR) is 101 cm³/mol. The number of anilines is 3. The highest BCUT2D eigenvalue weighted by molar-refractivity contribution is 5.55. The molecule has 1 atom stereocenters. The van der Waals surface area contributed by atoms with Crippen molar-refractivity contribution in [1.29, 1.82) is 0 Å². The second-order valence-electron chi connectivity index (χ2n) is 6.71. The van der Waals surface area contributed by atoms with Crippen molar-refractivity contribution in [3.8, 4) is 5.75 Å². The van der Waals surface area contributed by atoms with Gasteiger partial charge in [0.15, 0.2) is 5.82 Å². The number of nitrogens with zero attached hydrogens (tertiary/aromatic N) is 4. The van der Waals surface area contributed by atoms with Crippen molar-refractivity contribution in [3.63, 3.8) is 0 Å². The Kier molecular flexibility index (Phi) is 5.68. The minimum absolute atomic E-state index is 0.166. The molecule has 2 aromatic rings. The Morgan fingerprint density at radius 1 is 1.24 bits per heavy atom. The highest BCUT2D eigenvalue weighted by Gasteiger charge is 2.22. The van der Waals surface area contributed by atoms with Crippen LogP contribution in [0.3, 0.4) is 0 Å². The summed E-state index contributed by atoms with van der Waals surface area (Å²) >= 11 is 0. The van der Waals surface area contributed by atoms with Gasteiger partial charge in [-0.15, -0.1) is 5.10 Å². The van der Waals surface area contributed by atoms with Crippen molar-refractivity contribution < 1.29 is 4.74 Å². The standard InChI is InChI=1S/C19H27N5O/c1-4-16-7-5-6-12-24(16)18-13-20-23-19(22-18)21-15-8-10-17(11-9-15)25-14(2)3/h8-11,13-14,16H,4-7,12H2,1-3H3,(H,21,22,23). The highest BCUT2D eigenvalue weighted by Crippen LogP contribution is 2.25. The molecule has 0 saturated carbocycles. The second-order valence-corrected chi connectivity index (χ2v) is 6.71. The normalized spacial score (nSPS) is 17.6. The molecule has 1 aliphatic rings. The van der Waals surface area contributed by atoms with E-state index in [0.29, 0.717) is 12.0 Å². The quantitative estimate of drug-likeness (QED) is 0.851. The number of hydrogen-bond acceptors (Lipinski definition) is 6. The van der Waals surface area contributed by atoms with Crippen LogP contribution in [-0.4, -0.2) is 33.9 Å². The van der Waals surface area contributed by atoms with E-state index < -0.39 is 0 Å². The van der Waals surface area contributed by atoms with Gasteiger partial charge in [-0.2, -0.15) is 10.1 Å². The number of benzene rings is 1. The molecule has 0 bridgehead atoms. The van der Waals surface area contributed by atoms with Crippen LogP contribution in [0.25, 0.3) is 0 Å². The predicted octanol–water partition coefficient (Wildman–Crippen LogP) is 4.17. The summed E-state index contributed by atoms with van der Waals surface area (Å²) in [5.74, 6) is 2.28. The van der Waals surface area contributed by atoms with Crippen molar-refractivity contribution >= 4 is 17.5 Å². The Morgan fingerprint density at radius 2 is 2.04 bits per heavy atom. The Morgan fingerprint density at radius 3 is 2.76 bits per heavy atom. The number of hydrogen-bond donors (Lipinski definition) is 1. The van der Waals surface area contributed by atoms with Crippen LogP contribution in [-0.2, 0) is 0 Å². The zero-order valence-electron chi connectivity index (χ0n) is 15.3. The third-order valence-corrected chi connectivity index (χ3v) is 4.42. The van der Waals surface area contributed by atoms with E-state index in [2.05, 4.69) is 32.3 Å². The molecule has 0 radical (unpaired) electrons. The summed E-state index contributed by atoms with van der Waals surface area (Å²) in [5, 5.41) is 11.5. The summed E-state index contributed by atoms with van der Waals surface area (Å²) in [6.45, 7) is 7.30. The van der Waals surface area contributed by atoms with E-state index in [1.165, 1.54) is 19.3 Å². The number of piperidine rings is 1. The Hall–Kier alpha value is -2.37. The summed E-state index contributed by atoms with van der Waals surface area (Å²) in [6, 6.07) is 8.35. The van der Waals surface area contributed by atoms with E-state index >= 15 is 0 Å². The van der Waals surface area contributed by atoms with Crippen LogP contribution >= 0.6 is 0 Å². The van der Waals surface area contributed by atoms with Crippen LogP contribution in [0.2, 0.25) is 0 Å². The third-order valence-electron chi connectivity index (χ3n) is 4.42. The van der Waals surface area contributed by atoms with Crippen LogP contribution in [0, 0.1) is 0 Å². The zero-order chi connectivity index (χ0) is 17.6. The van der Waals surface area contributed by atoms with E-state index in [1.54, 1.807) is 6.20 Å². The molecule has 1 unspecified atom stereocenters. The van der Waals surface area contributed by atoms with Gasteiger partial charge in [-0.3, -0.25) is 0 Å². The monoisotopic (exact) mass is 341 g/mol. The van der Waals surface area contributed by atoms with E-state index in [0.717, 1.165) is 30.2 Å². The van der Waals surface area contributed by atoms with Gasteiger partial charge in [-0.1, -0.05) is 6.92 Å². The smallest absolute Gasteiger partial charge is 0.249 e. The molecular weight excluding hydrogens is 314 g/mol. The van der Waals surface area contributed by atoms with Crippen LogP contribution in [0.5, 0.6) is 5.75 Å². The Balaban J connectivity index is 1.71. The molecule has 1 N–H and O–H groups in total. The molecule has 1 aromatic heterocycles. The first-order valence-corrected chi connectivity index (χ1v) is 9.16. The molecular formula is C19H27N5O. The SMILES string of the molecule is CCC1CCCCN1c1cnnc(Nc2ccc(OC(C)C)cc2)n1. The molecule has 6 nitrogen and oxygen atoms in total. The first-order valence-electron chi connectivity index (χ1n) is 9.16. The minimum Gasteiger partial charge on any atom is -0.491 e. The van der Waals surface area contributed by atoms with Gasteiger partial charge in [-0.05, 0) is 63.8 Å². The van der Waals surface area contributed by atoms with Gasteiger partial charge in [0.05, 0.1) is 12.3 Å². The molecule has 0 spiro atoms. The Bertz CT molecular complexity index is 674. The summed E-state index contributed by atoms with van der Waals surface area (Å²) < 4.78 is 5.66. The molecule has 2 heterocycles. The first kappa shape index (κ1) is 17.5. The summed E-state index contributed by atoms with van der Waals surface area (Å²) in [7, 11) is 0. The van der Waals surface area contributed by atoms with Gasteiger partial charge in [0, 0.05) is 18.3 Å². The lowest BCUT2D eigenvalue weighted by Gasteiger charge is -2.35. The van der Waals surface area contributed by atoms with Gasteiger partial charge in [0.2, 0.25) is 5.95 Å². The van der Waals surface area contributed by atoms with Crippen LogP contribution in [0.1, 0.15) is 46.5 Å². The van der Waals surface area contributed by atoms with Crippen molar-refractivity contribution in [2.24, 2.45) is 0 Å². The van der Waals surface area contributed by atoms with E-state index in [-0.39, 0.29) is 6.10 Å². The zero-order valence-corrected chi connectivity index (χ0v) is 15.3. The fourth-order valence-electron chi connectivity index (χ4n) is 3.23. The topological polar surface area (TPSA) is 63.2 Å². The second kappa shape index (κ2) is 8.14. The van der Waals surface area contributed by atoms with Gasteiger partial charge < -0.3 is 15.0 Å². The van der Waals surface area contributed by atoms with Crippen LogP contribution in [0.15, 0.2) is 30.5 Å². The molecule has 25 heavy (non-hydrogen) atoms. The lowest BCUT2D eigenvalue weighted by atomic mass is 10.0. The largest absolute Gasteiger partial charge is 0.491 e. The summed E-state index contributed by atoms with van der Waals surface area (Å²) in [6.07, 6.45) is 6.78. The van der Waals surface area contributed by atoms with Crippen LogP contribution < -0.4 is 15.0 Å². The number of ether oxygens (including phenoxy) is 1. The average Bonchev–Trinajstić information content (AvgIpc) is 2.63. The van der Waals surface area contributed by atoms with E-state index in [9.17, 15) is 0 Å². The molecule has 0 aliphatic carbocycles. The maximum Gasteiger partial charge on any atom is 0.249 e. The van der Waals surface area contributed by atoms with Crippen molar-refractivity contribution in [2.75, 3.05) is 16.8 Å². The Labute approximate surface area is 149 Å². The number of nitrogens with one attached hydrogen (secondary N) is 1. The summed E-state index contributed by atoms with van der Waals surface area (Å²) in [4.78, 5) is 7.03. The lowest BCUT2D eigenvalue weighted by Crippen LogP contribution is -2.39. The molecule has 1 saturated heterocycles. The fraction of sp³-hybridized carbons (Fsp3) is 0.526. The molecule has 1 aliphatic heterocycles. The summed E-state index contributed by atoms with van der Waals surface area (Å²) in [5.41, 5.74) is 0.917. The first-order chi connectivity index (χ1) is 12.2. The molecule has 0 amide bonds. The molecule has 3 rings (SSSR count). The van der Waals surface area contributed by atoms with Gasteiger partial charge in [0.25, 0.3) is 0 Å². The number of aromatic nitrogens is 3. The van der Waals surface area contributed by atoms with Gasteiger partial charge in [-0.25, -0.2) is 0 Å². The third kappa shape index (κ3) is 4.59. The average molecular weight is 341 g/mol. The van der Waals surface area contributed by atoms with Crippen LogP contribution in [0.4, 0.5) is 17.5 Å². The van der Waals surface area contributed by atoms with Gasteiger partial charge >= 0.3 is 0 Å². The molecule has 1 fully saturated rings. The van der Waals surface area contributed by atoms with Crippen molar-refractivity contribution in [2.45, 2.75) is 58.6 Å². The van der Waals surface area contributed by atoms with Crippen molar-refractivity contribution in [3.05, 3.63) is 30.5 Å². The maximum atomic E-state index is 5.66. The molecule has 6 heteroatoms. The van der Waals surface area contributed by atoms with Crippen molar-refractivity contribution in [1.82, 2.24) is 15.2 Å². The molecule has 134 valence electrons. The van der Waals surface area contributed by atoms with E-state index in [1.807, 2.05) is 38.1 Å². The molecule has 1 aromatic carbocycles. The van der Waals surface area contributed by atoms with E-state index in [4.69, 9.17) is 4.74 Å². The number of rotatable bonds is 6. The van der Waals surface area contributed by atoms with Gasteiger partial charge in [0.1, 0.15) is 5.75 Å².